The second-order valence-electron chi connectivity index (χ2n) is 4.66. The van der Waals surface area contributed by atoms with Crippen LogP contribution in [0.4, 0.5) is 0 Å². The Labute approximate surface area is 121 Å². The van der Waals surface area contributed by atoms with Crippen molar-refractivity contribution in [2.24, 2.45) is 4.99 Å². The summed E-state index contributed by atoms with van der Waals surface area (Å²) in [5.41, 5.74) is 1.15. The predicted octanol–water partition coefficient (Wildman–Crippen LogP) is 1.79. The molecule has 5 nitrogen and oxygen atoms in total. The molecule has 20 heavy (non-hydrogen) atoms. The Bertz CT molecular complexity index is 419. The SMILES string of the molecule is CN=C(NCCOC)NCc1cccc(OC(C)C)c1. The Morgan fingerprint density at radius 3 is 2.75 bits per heavy atom. The van der Waals surface area contributed by atoms with Crippen molar-refractivity contribution in [3.63, 3.8) is 0 Å². The Hall–Kier alpha value is -1.75. The van der Waals surface area contributed by atoms with Crippen molar-refractivity contribution < 1.29 is 9.47 Å². The topological polar surface area (TPSA) is 54.9 Å². The fraction of sp³-hybridized carbons (Fsp3) is 0.533. The van der Waals surface area contributed by atoms with Crippen LogP contribution in [0.25, 0.3) is 0 Å². The van der Waals surface area contributed by atoms with Crippen molar-refractivity contribution in [1.82, 2.24) is 10.6 Å². The minimum absolute atomic E-state index is 0.182. The fourth-order valence-corrected chi connectivity index (χ4v) is 1.68. The molecule has 0 aliphatic rings. The van der Waals surface area contributed by atoms with Gasteiger partial charge < -0.3 is 20.1 Å². The van der Waals surface area contributed by atoms with E-state index < -0.39 is 0 Å². The smallest absolute Gasteiger partial charge is 0.191 e. The van der Waals surface area contributed by atoms with Gasteiger partial charge in [0.1, 0.15) is 5.75 Å². The molecule has 0 amide bonds. The molecule has 0 saturated heterocycles. The standard InChI is InChI=1S/C15H25N3O2/c1-12(2)20-14-7-5-6-13(10-14)11-18-15(16-3)17-8-9-19-4/h5-7,10,12H,8-9,11H2,1-4H3,(H2,16,17,18). The highest BCUT2D eigenvalue weighted by Crippen LogP contribution is 2.14. The van der Waals surface area contributed by atoms with Crippen LogP contribution in [0, 0.1) is 0 Å². The van der Waals surface area contributed by atoms with Crippen molar-refractivity contribution in [1.29, 1.82) is 0 Å². The molecule has 112 valence electrons. The molecule has 1 aromatic carbocycles. The molecule has 1 aromatic rings. The molecule has 0 aliphatic heterocycles. The molecule has 0 atom stereocenters. The van der Waals surface area contributed by atoms with Gasteiger partial charge >= 0.3 is 0 Å². The molecule has 5 heteroatoms. The van der Waals surface area contributed by atoms with Gasteiger partial charge in [0, 0.05) is 27.2 Å². The lowest BCUT2D eigenvalue weighted by molar-refractivity contribution is 0.203. The zero-order chi connectivity index (χ0) is 14.8. The lowest BCUT2D eigenvalue weighted by Gasteiger charge is -2.13. The maximum atomic E-state index is 5.68. The molecule has 0 spiro atoms. The molecule has 0 bridgehead atoms. The third kappa shape index (κ3) is 6.43. The number of hydrogen-bond acceptors (Lipinski definition) is 3. The quantitative estimate of drug-likeness (QED) is 0.454. The van der Waals surface area contributed by atoms with Crippen molar-refractivity contribution >= 4 is 5.96 Å². The molecular formula is C15H25N3O2. The van der Waals surface area contributed by atoms with Crippen LogP contribution in [-0.2, 0) is 11.3 Å². The van der Waals surface area contributed by atoms with Crippen LogP contribution in [0.2, 0.25) is 0 Å². The van der Waals surface area contributed by atoms with Gasteiger partial charge in [0.15, 0.2) is 5.96 Å². The minimum Gasteiger partial charge on any atom is -0.491 e. The number of hydrogen-bond donors (Lipinski definition) is 2. The molecule has 0 heterocycles. The number of guanidine groups is 1. The largest absolute Gasteiger partial charge is 0.491 e. The zero-order valence-corrected chi connectivity index (χ0v) is 12.8. The van der Waals surface area contributed by atoms with Crippen LogP contribution in [0.15, 0.2) is 29.3 Å². The van der Waals surface area contributed by atoms with Gasteiger partial charge in [-0.2, -0.15) is 0 Å². The highest BCUT2D eigenvalue weighted by atomic mass is 16.5. The van der Waals surface area contributed by atoms with E-state index in [0.717, 1.165) is 23.8 Å². The van der Waals surface area contributed by atoms with Gasteiger partial charge in [-0.3, -0.25) is 4.99 Å². The van der Waals surface area contributed by atoms with Crippen molar-refractivity contribution in [3.8, 4) is 5.75 Å². The van der Waals surface area contributed by atoms with Gasteiger partial charge in [-0.15, -0.1) is 0 Å². The maximum absolute atomic E-state index is 5.68. The molecule has 0 aromatic heterocycles. The summed E-state index contributed by atoms with van der Waals surface area (Å²) in [4.78, 5) is 4.15. The van der Waals surface area contributed by atoms with E-state index in [-0.39, 0.29) is 6.10 Å². The Morgan fingerprint density at radius 2 is 2.10 bits per heavy atom. The fourth-order valence-electron chi connectivity index (χ4n) is 1.68. The predicted molar refractivity (Wildman–Crippen MR) is 82.3 cm³/mol. The first kappa shape index (κ1) is 16.3. The zero-order valence-electron chi connectivity index (χ0n) is 12.8. The number of aliphatic imine (C=N–C) groups is 1. The molecular weight excluding hydrogens is 254 g/mol. The summed E-state index contributed by atoms with van der Waals surface area (Å²) in [6.45, 7) is 6.12. The van der Waals surface area contributed by atoms with E-state index in [1.54, 1.807) is 14.2 Å². The summed E-state index contributed by atoms with van der Waals surface area (Å²) in [7, 11) is 3.43. The molecule has 0 aliphatic carbocycles. The number of nitrogens with zero attached hydrogens (tertiary/aromatic N) is 1. The molecule has 2 N–H and O–H groups in total. The number of nitrogens with one attached hydrogen (secondary N) is 2. The minimum atomic E-state index is 0.182. The average molecular weight is 279 g/mol. The maximum Gasteiger partial charge on any atom is 0.191 e. The van der Waals surface area contributed by atoms with E-state index in [2.05, 4.69) is 21.7 Å². The summed E-state index contributed by atoms with van der Waals surface area (Å²) in [5.74, 6) is 1.65. The normalized spacial score (nSPS) is 11.6. The van der Waals surface area contributed by atoms with Gasteiger partial charge in [-0.1, -0.05) is 12.1 Å². The van der Waals surface area contributed by atoms with E-state index in [1.165, 1.54) is 0 Å². The van der Waals surface area contributed by atoms with E-state index in [0.29, 0.717) is 13.2 Å². The van der Waals surface area contributed by atoms with Crippen LogP contribution < -0.4 is 15.4 Å². The van der Waals surface area contributed by atoms with Crippen LogP contribution in [0.5, 0.6) is 5.75 Å². The van der Waals surface area contributed by atoms with Crippen molar-refractivity contribution in [3.05, 3.63) is 29.8 Å². The second kappa shape index (κ2) is 9.20. The number of benzene rings is 1. The molecule has 1 rings (SSSR count). The lowest BCUT2D eigenvalue weighted by atomic mass is 10.2. The Morgan fingerprint density at radius 1 is 1.30 bits per heavy atom. The number of methoxy groups -OCH3 is 1. The van der Waals surface area contributed by atoms with Crippen LogP contribution in [0.1, 0.15) is 19.4 Å². The second-order valence-corrected chi connectivity index (χ2v) is 4.66. The van der Waals surface area contributed by atoms with E-state index in [1.807, 2.05) is 32.0 Å². The highest BCUT2D eigenvalue weighted by molar-refractivity contribution is 5.79. The van der Waals surface area contributed by atoms with Crippen LogP contribution in [-0.4, -0.2) is 39.4 Å². The first-order valence-electron chi connectivity index (χ1n) is 6.84. The molecule has 0 unspecified atom stereocenters. The van der Waals surface area contributed by atoms with Gasteiger partial charge in [-0.25, -0.2) is 0 Å². The summed E-state index contributed by atoms with van der Waals surface area (Å²) < 4.78 is 10.7. The summed E-state index contributed by atoms with van der Waals surface area (Å²) in [6.07, 6.45) is 0.182. The third-order valence-electron chi connectivity index (χ3n) is 2.55. The first-order chi connectivity index (χ1) is 9.65. The summed E-state index contributed by atoms with van der Waals surface area (Å²) in [5, 5.41) is 6.42. The summed E-state index contributed by atoms with van der Waals surface area (Å²) >= 11 is 0. The van der Waals surface area contributed by atoms with Crippen LogP contribution in [0.3, 0.4) is 0 Å². The van der Waals surface area contributed by atoms with Crippen molar-refractivity contribution in [2.75, 3.05) is 27.3 Å². The number of rotatable bonds is 7. The molecule has 0 radical (unpaired) electrons. The van der Waals surface area contributed by atoms with Crippen LogP contribution >= 0.6 is 0 Å². The average Bonchev–Trinajstić information content (AvgIpc) is 2.42. The Balaban J connectivity index is 2.47. The number of ether oxygens (including phenoxy) is 2. The van der Waals surface area contributed by atoms with Gasteiger partial charge in [0.2, 0.25) is 0 Å². The third-order valence-corrected chi connectivity index (χ3v) is 2.55. The molecule has 0 fully saturated rings. The summed E-state index contributed by atoms with van der Waals surface area (Å²) in [6, 6.07) is 8.06. The monoisotopic (exact) mass is 279 g/mol. The van der Waals surface area contributed by atoms with Crippen molar-refractivity contribution in [2.45, 2.75) is 26.5 Å². The molecule has 0 saturated carbocycles. The van der Waals surface area contributed by atoms with Gasteiger partial charge in [0.25, 0.3) is 0 Å². The van der Waals surface area contributed by atoms with E-state index in [9.17, 15) is 0 Å². The van der Waals surface area contributed by atoms with E-state index in [4.69, 9.17) is 9.47 Å². The van der Waals surface area contributed by atoms with Gasteiger partial charge in [-0.05, 0) is 31.5 Å². The Kier molecular flexibility index (Phi) is 7.50. The highest BCUT2D eigenvalue weighted by Gasteiger charge is 2.01. The lowest BCUT2D eigenvalue weighted by Crippen LogP contribution is -2.38. The first-order valence-corrected chi connectivity index (χ1v) is 6.84. The van der Waals surface area contributed by atoms with E-state index >= 15 is 0 Å². The van der Waals surface area contributed by atoms with Gasteiger partial charge in [0.05, 0.1) is 12.7 Å².